The number of thioether (sulfide) groups is 1. The molecule has 25 heavy (non-hydrogen) atoms. The lowest BCUT2D eigenvalue weighted by atomic mass is 10.0. The predicted molar refractivity (Wildman–Crippen MR) is 99.1 cm³/mol. The van der Waals surface area contributed by atoms with E-state index >= 15 is 0 Å². The molecule has 0 radical (unpaired) electrons. The molecule has 0 saturated carbocycles. The fourth-order valence-corrected chi connectivity index (χ4v) is 2.78. The summed E-state index contributed by atoms with van der Waals surface area (Å²) < 4.78 is 0. The predicted octanol–water partition coefficient (Wildman–Crippen LogP) is 2.50. The van der Waals surface area contributed by atoms with E-state index in [0.29, 0.717) is 17.6 Å². The van der Waals surface area contributed by atoms with Crippen LogP contribution in [0.2, 0.25) is 0 Å². The second kappa shape index (κ2) is 9.04. The summed E-state index contributed by atoms with van der Waals surface area (Å²) >= 11 is 1.19. The Kier molecular flexibility index (Phi) is 6.78. The van der Waals surface area contributed by atoms with Crippen LogP contribution in [-0.2, 0) is 11.2 Å². The van der Waals surface area contributed by atoms with Gasteiger partial charge in [-0.05, 0) is 23.5 Å². The average Bonchev–Trinajstić information content (AvgIpc) is 2.60. The van der Waals surface area contributed by atoms with Crippen molar-refractivity contribution in [3.05, 3.63) is 47.2 Å². The second-order valence-electron chi connectivity index (χ2n) is 5.85. The highest BCUT2D eigenvalue weighted by Gasteiger charge is 2.07. The van der Waals surface area contributed by atoms with Crippen LogP contribution in [-0.4, -0.2) is 28.2 Å². The van der Waals surface area contributed by atoms with Gasteiger partial charge in [-0.2, -0.15) is 5.26 Å². The number of aromatic nitrogens is 2. The standard InChI is InChI=1S/C18H21N5OS/c1-12(2)14-5-3-13(4-6-14)7-8-21-16(24)11-25-18-22-10-15(9-19)17(20)23-18/h3-6,10,12H,7-8,11H2,1-2H3,(H,21,24)(H2,20,22,23). The number of anilines is 1. The molecule has 1 aromatic carbocycles. The lowest BCUT2D eigenvalue weighted by Crippen LogP contribution is -2.27. The van der Waals surface area contributed by atoms with Gasteiger partial charge in [0.1, 0.15) is 17.5 Å². The molecule has 0 aliphatic carbocycles. The van der Waals surface area contributed by atoms with Crippen molar-refractivity contribution in [2.24, 2.45) is 0 Å². The van der Waals surface area contributed by atoms with E-state index in [4.69, 9.17) is 11.0 Å². The topological polar surface area (TPSA) is 105 Å². The smallest absolute Gasteiger partial charge is 0.230 e. The lowest BCUT2D eigenvalue weighted by Gasteiger charge is -2.08. The summed E-state index contributed by atoms with van der Waals surface area (Å²) in [5, 5.41) is 12.0. The summed E-state index contributed by atoms with van der Waals surface area (Å²) in [4.78, 5) is 19.9. The van der Waals surface area contributed by atoms with Crippen LogP contribution in [0, 0.1) is 11.3 Å². The summed E-state index contributed by atoms with van der Waals surface area (Å²) in [5.74, 6) is 0.766. The lowest BCUT2D eigenvalue weighted by molar-refractivity contribution is -0.118. The first-order chi connectivity index (χ1) is 12.0. The summed E-state index contributed by atoms with van der Waals surface area (Å²) in [7, 11) is 0. The maximum absolute atomic E-state index is 11.9. The van der Waals surface area contributed by atoms with Crippen LogP contribution in [0.5, 0.6) is 0 Å². The summed E-state index contributed by atoms with van der Waals surface area (Å²) in [6, 6.07) is 10.4. The quantitative estimate of drug-likeness (QED) is 0.584. The molecule has 0 fully saturated rings. The molecule has 1 aromatic heterocycles. The van der Waals surface area contributed by atoms with Gasteiger partial charge in [0, 0.05) is 6.54 Å². The largest absolute Gasteiger partial charge is 0.382 e. The van der Waals surface area contributed by atoms with Crippen LogP contribution in [0.1, 0.15) is 36.5 Å². The number of nitrogens with zero attached hydrogens (tertiary/aromatic N) is 3. The molecule has 130 valence electrons. The Labute approximate surface area is 151 Å². The van der Waals surface area contributed by atoms with Crippen molar-refractivity contribution < 1.29 is 4.79 Å². The molecular formula is C18H21N5OS. The van der Waals surface area contributed by atoms with Gasteiger partial charge in [0.2, 0.25) is 5.91 Å². The highest BCUT2D eigenvalue weighted by Crippen LogP contribution is 2.16. The minimum absolute atomic E-state index is 0.0877. The first-order valence-electron chi connectivity index (χ1n) is 8.00. The first kappa shape index (κ1) is 18.7. The number of benzene rings is 1. The van der Waals surface area contributed by atoms with E-state index in [9.17, 15) is 4.79 Å². The fourth-order valence-electron chi connectivity index (χ4n) is 2.13. The number of carbonyl (C=O) groups excluding carboxylic acids is 1. The van der Waals surface area contributed by atoms with Crippen molar-refractivity contribution in [2.75, 3.05) is 18.0 Å². The molecule has 0 spiro atoms. The van der Waals surface area contributed by atoms with Crippen LogP contribution in [0.15, 0.2) is 35.6 Å². The highest BCUT2D eigenvalue weighted by atomic mass is 32.2. The zero-order chi connectivity index (χ0) is 18.2. The van der Waals surface area contributed by atoms with Crippen molar-refractivity contribution in [2.45, 2.75) is 31.3 Å². The van der Waals surface area contributed by atoms with Gasteiger partial charge in [0.25, 0.3) is 0 Å². The highest BCUT2D eigenvalue weighted by molar-refractivity contribution is 7.99. The van der Waals surface area contributed by atoms with Gasteiger partial charge in [0.05, 0.1) is 11.9 Å². The van der Waals surface area contributed by atoms with Crippen molar-refractivity contribution in [3.63, 3.8) is 0 Å². The number of nitrogens with one attached hydrogen (secondary N) is 1. The Morgan fingerprint density at radius 1 is 1.36 bits per heavy atom. The van der Waals surface area contributed by atoms with E-state index in [0.717, 1.165) is 6.42 Å². The van der Waals surface area contributed by atoms with E-state index in [-0.39, 0.29) is 23.0 Å². The van der Waals surface area contributed by atoms with E-state index in [1.807, 2.05) is 6.07 Å². The molecule has 0 atom stereocenters. The number of hydrogen-bond acceptors (Lipinski definition) is 6. The third kappa shape index (κ3) is 5.76. The Balaban J connectivity index is 1.74. The van der Waals surface area contributed by atoms with Gasteiger partial charge >= 0.3 is 0 Å². The second-order valence-corrected chi connectivity index (χ2v) is 6.79. The summed E-state index contributed by atoms with van der Waals surface area (Å²) in [5.41, 5.74) is 8.36. The minimum atomic E-state index is -0.0877. The van der Waals surface area contributed by atoms with E-state index < -0.39 is 0 Å². The number of nitrogen functional groups attached to an aromatic ring is 1. The van der Waals surface area contributed by atoms with Crippen LogP contribution in [0.25, 0.3) is 0 Å². The van der Waals surface area contributed by atoms with Crippen LogP contribution >= 0.6 is 11.8 Å². The molecule has 0 aliphatic rings. The molecule has 3 N–H and O–H groups in total. The number of nitriles is 1. The zero-order valence-corrected chi connectivity index (χ0v) is 15.1. The Hall–Kier alpha value is -2.59. The molecule has 0 aliphatic heterocycles. The number of nitrogens with two attached hydrogens (primary N) is 1. The van der Waals surface area contributed by atoms with Crippen molar-refractivity contribution in [1.82, 2.24) is 15.3 Å². The Bertz CT molecular complexity index is 768. The summed E-state index contributed by atoms with van der Waals surface area (Å²) in [6.07, 6.45) is 2.15. The van der Waals surface area contributed by atoms with Gasteiger partial charge in [-0.3, -0.25) is 4.79 Å². The molecule has 0 unspecified atom stereocenters. The molecule has 7 heteroatoms. The van der Waals surface area contributed by atoms with Crippen LogP contribution < -0.4 is 11.1 Å². The molecule has 1 heterocycles. The Morgan fingerprint density at radius 2 is 2.08 bits per heavy atom. The number of amides is 1. The molecule has 1 amide bonds. The van der Waals surface area contributed by atoms with Crippen LogP contribution in [0.4, 0.5) is 5.82 Å². The fraction of sp³-hybridized carbons (Fsp3) is 0.333. The molecule has 6 nitrogen and oxygen atoms in total. The third-order valence-electron chi connectivity index (χ3n) is 3.63. The maximum Gasteiger partial charge on any atom is 0.230 e. The van der Waals surface area contributed by atoms with Gasteiger partial charge in [-0.1, -0.05) is 49.9 Å². The van der Waals surface area contributed by atoms with Gasteiger partial charge < -0.3 is 11.1 Å². The maximum atomic E-state index is 11.9. The van der Waals surface area contributed by atoms with Crippen LogP contribution in [0.3, 0.4) is 0 Å². The van der Waals surface area contributed by atoms with Crippen molar-refractivity contribution in [1.29, 1.82) is 5.26 Å². The molecule has 2 rings (SSSR count). The Morgan fingerprint density at radius 3 is 2.68 bits per heavy atom. The first-order valence-corrected chi connectivity index (χ1v) is 8.99. The molecular weight excluding hydrogens is 334 g/mol. The molecule has 0 saturated heterocycles. The van der Waals surface area contributed by atoms with E-state index in [1.165, 1.54) is 29.1 Å². The van der Waals surface area contributed by atoms with Crippen molar-refractivity contribution >= 4 is 23.5 Å². The normalized spacial score (nSPS) is 10.5. The minimum Gasteiger partial charge on any atom is -0.382 e. The van der Waals surface area contributed by atoms with Gasteiger partial charge in [0.15, 0.2) is 5.16 Å². The number of rotatable bonds is 7. The third-order valence-corrected chi connectivity index (χ3v) is 4.49. The molecule has 0 bridgehead atoms. The van der Waals surface area contributed by atoms with E-state index in [2.05, 4.69) is 53.4 Å². The van der Waals surface area contributed by atoms with Crippen molar-refractivity contribution in [3.8, 4) is 6.07 Å². The zero-order valence-electron chi connectivity index (χ0n) is 14.3. The summed E-state index contributed by atoms with van der Waals surface area (Å²) in [6.45, 7) is 4.91. The monoisotopic (exact) mass is 355 g/mol. The number of carbonyl (C=O) groups is 1. The van der Waals surface area contributed by atoms with E-state index in [1.54, 1.807) is 0 Å². The number of hydrogen-bond donors (Lipinski definition) is 2. The van der Waals surface area contributed by atoms with Gasteiger partial charge in [-0.25, -0.2) is 9.97 Å². The SMILES string of the molecule is CC(C)c1ccc(CCNC(=O)CSc2ncc(C#N)c(N)n2)cc1. The average molecular weight is 355 g/mol. The van der Waals surface area contributed by atoms with Gasteiger partial charge in [-0.15, -0.1) is 0 Å². The molecule has 2 aromatic rings.